The zero-order valence-corrected chi connectivity index (χ0v) is 13.7. The van der Waals surface area contributed by atoms with Crippen LogP contribution in [-0.4, -0.2) is 0 Å². The van der Waals surface area contributed by atoms with Gasteiger partial charge in [-0.25, -0.2) is 0 Å². The molecule has 26 heavy (non-hydrogen) atoms. The second kappa shape index (κ2) is 7.53. The summed E-state index contributed by atoms with van der Waals surface area (Å²) in [6.07, 6.45) is -10.0. The molecule has 2 rings (SSSR count). The third-order valence-corrected chi connectivity index (χ3v) is 3.77. The van der Waals surface area contributed by atoms with Crippen LogP contribution in [0.2, 0.25) is 0 Å². The van der Waals surface area contributed by atoms with E-state index in [-0.39, 0.29) is 11.6 Å². The topological polar surface area (TPSA) is 9.23 Å². The molecule has 0 saturated carbocycles. The van der Waals surface area contributed by atoms with E-state index in [0.717, 1.165) is 0 Å². The Morgan fingerprint density at radius 2 is 1.35 bits per heavy atom. The number of alkyl halides is 6. The van der Waals surface area contributed by atoms with Crippen LogP contribution in [0, 0.1) is 0 Å². The quantitative estimate of drug-likeness (QED) is 0.416. The molecule has 2 atom stereocenters. The fourth-order valence-electron chi connectivity index (χ4n) is 2.43. The summed E-state index contributed by atoms with van der Waals surface area (Å²) < 4.78 is 83.5. The Morgan fingerprint density at radius 1 is 0.846 bits per heavy atom. The molecule has 0 aliphatic carbocycles. The van der Waals surface area contributed by atoms with E-state index < -0.39 is 35.7 Å². The number of ether oxygens (including phenoxy) is 1. The summed E-state index contributed by atoms with van der Waals surface area (Å²) in [4.78, 5) is 0. The van der Waals surface area contributed by atoms with E-state index >= 15 is 0 Å². The lowest BCUT2D eigenvalue weighted by molar-refractivity contribution is -0.143. The molecule has 0 heterocycles. The summed E-state index contributed by atoms with van der Waals surface area (Å²) in [5.74, 6) is 0. The minimum atomic E-state index is -4.90. The summed E-state index contributed by atoms with van der Waals surface area (Å²) >= 11 is 0. The maximum absolute atomic E-state index is 13.0. The summed E-state index contributed by atoms with van der Waals surface area (Å²) in [5, 5.41) is 0. The van der Waals surface area contributed by atoms with Crippen molar-refractivity contribution in [3.05, 3.63) is 83.4 Å². The lowest BCUT2D eigenvalue weighted by Gasteiger charge is -2.22. The largest absolute Gasteiger partial charge is 0.416 e. The smallest absolute Gasteiger partial charge is 0.362 e. The molecule has 2 aromatic rings. The van der Waals surface area contributed by atoms with Crippen molar-refractivity contribution >= 4 is 0 Å². The van der Waals surface area contributed by atoms with Gasteiger partial charge in [0.25, 0.3) is 0 Å². The van der Waals surface area contributed by atoms with E-state index in [9.17, 15) is 26.3 Å². The summed E-state index contributed by atoms with van der Waals surface area (Å²) in [6.45, 7) is 5.01. The van der Waals surface area contributed by atoms with Crippen molar-refractivity contribution in [2.45, 2.75) is 31.5 Å². The van der Waals surface area contributed by atoms with Gasteiger partial charge < -0.3 is 4.74 Å². The Morgan fingerprint density at radius 3 is 1.77 bits per heavy atom. The van der Waals surface area contributed by atoms with Gasteiger partial charge in [-0.2, -0.15) is 26.3 Å². The molecule has 0 spiro atoms. The minimum absolute atomic E-state index is 0.0956. The highest BCUT2D eigenvalue weighted by Crippen LogP contribution is 2.38. The summed E-state index contributed by atoms with van der Waals surface area (Å²) in [5.41, 5.74) is -2.26. The van der Waals surface area contributed by atoms with E-state index in [1.807, 2.05) is 0 Å². The number of hydrogen-bond donors (Lipinski definition) is 0. The normalized spacial score (nSPS) is 14.7. The molecule has 0 N–H and O–H groups in total. The molecule has 1 nitrogen and oxygen atoms in total. The summed E-state index contributed by atoms with van der Waals surface area (Å²) in [6, 6.07) is 10.2. The molecular formula is C19H16F6O. The van der Waals surface area contributed by atoms with E-state index in [4.69, 9.17) is 4.74 Å². The minimum Gasteiger partial charge on any atom is -0.362 e. The zero-order valence-electron chi connectivity index (χ0n) is 13.7. The van der Waals surface area contributed by atoms with Crippen molar-refractivity contribution in [2.75, 3.05) is 0 Å². The van der Waals surface area contributed by atoms with Crippen LogP contribution in [0.1, 0.15) is 41.4 Å². The zero-order chi connectivity index (χ0) is 19.5. The third kappa shape index (κ3) is 4.88. The maximum atomic E-state index is 13.0. The maximum Gasteiger partial charge on any atom is 0.416 e. The Kier molecular flexibility index (Phi) is 5.81. The number of halogens is 6. The molecule has 0 aliphatic rings. The SMILES string of the molecule is C=CC(O[C@H](C)c1cc(C(F)(F)F)cc(C(F)(F)F)c1)c1ccccc1. The van der Waals surface area contributed by atoms with Gasteiger partial charge in [0.15, 0.2) is 0 Å². The molecule has 0 aliphatic heterocycles. The van der Waals surface area contributed by atoms with Crippen LogP contribution >= 0.6 is 0 Å². The second-order valence-corrected chi connectivity index (χ2v) is 5.68. The average Bonchev–Trinajstić information content (AvgIpc) is 2.58. The van der Waals surface area contributed by atoms with Crippen LogP contribution < -0.4 is 0 Å². The highest BCUT2D eigenvalue weighted by atomic mass is 19.4. The Bertz CT molecular complexity index is 717. The molecule has 0 amide bonds. The van der Waals surface area contributed by atoms with E-state index in [0.29, 0.717) is 17.7 Å². The number of benzene rings is 2. The fourth-order valence-corrected chi connectivity index (χ4v) is 2.43. The van der Waals surface area contributed by atoms with Crippen LogP contribution in [0.4, 0.5) is 26.3 Å². The first-order valence-corrected chi connectivity index (χ1v) is 7.64. The monoisotopic (exact) mass is 374 g/mol. The predicted molar refractivity (Wildman–Crippen MR) is 85.3 cm³/mol. The Balaban J connectivity index is 2.38. The lowest BCUT2D eigenvalue weighted by Crippen LogP contribution is -2.14. The van der Waals surface area contributed by atoms with Crippen LogP contribution in [-0.2, 0) is 17.1 Å². The van der Waals surface area contributed by atoms with Gasteiger partial charge in [-0.3, -0.25) is 0 Å². The standard InChI is InChI=1S/C19H16F6O/c1-3-17(13-7-5-4-6-8-13)26-12(2)14-9-15(18(20,21)22)11-16(10-14)19(23,24)25/h3-12,17H,1H2,2H3/t12-,17?/m1/s1. The van der Waals surface area contributed by atoms with Crippen molar-refractivity contribution in [3.63, 3.8) is 0 Å². The van der Waals surface area contributed by atoms with Crippen LogP contribution in [0.5, 0.6) is 0 Å². The van der Waals surface area contributed by atoms with Crippen molar-refractivity contribution < 1.29 is 31.1 Å². The number of hydrogen-bond acceptors (Lipinski definition) is 1. The molecule has 1 unspecified atom stereocenters. The molecule has 7 heteroatoms. The van der Waals surface area contributed by atoms with Gasteiger partial charge in [0.2, 0.25) is 0 Å². The average molecular weight is 374 g/mol. The fraction of sp³-hybridized carbons (Fsp3) is 0.263. The van der Waals surface area contributed by atoms with Gasteiger partial charge >= 0.3 is 12.4 Å². The van der Waals surface area contributed by atoms with Gasteiger partial charge in [-0.05, 0) is 36.2 Å². The molecule has 0 aromatic heterocycles. The first kappa shape index (κ1) is 20.0. The van der Waals surface area contributed by atoms with Crippen LogP contribution in [0.3, 0.4) is 0 Å². The van der Waals surface area contributed by atoms with Gasteiger partial charge in [0.05, 0.1) is 17.2 Å². The van der Waals surface area contributed by atoms with Gasteiger partial charge in [0, 0.05) is 0 Å². The predicted octanol–water partition coefficient (Wildman–Crippen LogP) is 6.73. The van der Waals surface area contributed by atoms with E-state index in [2.05, 4.69) is 6.58 Å². The molecule has 0 bridgehead atoms. The molecule has 0 radical (unpaired) electrons. The summed E-state index contributed by atoms with van der Waals surface area (Å²) in [7, 11) is 0. The van der Waals surface area contributed by atoms with Crippen molar-refractivity contribution in [3.8, 4) is 0 Å². The number of rotatable bonds is 5. The third-order valence-electron chi connectivity index (χ3n) is 3.77. The van der Waals surface area contributed by atoms with Crippen molar-refractivity contribution in [1.82, 2.24) is 0 Å². The van der Waals surface area contributed by atoms with Gasteiger partial charge in [-0.15, -0.1) is 6.58 Å². The molecule has 140 valence electrons. The van der Waals surface area contributed by atoms with Gasteiger partial charge in [-0.1, -0.05) is 36.4 Å². The first-order valence-electron chi connectivity index (χ1n) is 7.64. The van der Waals surface area contributed by atoms with E-state index in [1.165, 1.54) is 13.0 Å². The van der Waals surface area contributed by atoms with Crippen molar-refractivity contribution in [1.29, 1.82) is 0 Å². The highest BCUT2D eigenvalue weighted by molar-refractivity contribution is 5.35. The molecule has 0 fully saturated rings. The molecular weight excluding hydrogens is 358 g/mol. The molecule has 2 aromatic carbocycles. The second-order valence-electron chi connectivity index (χ2n) is 5.68. The molecule has 0 saturated heterocycles. The van der Waals surface area contributed by atoms with Crippen molar-refractivity contribution in [2.24, 2.45) is 0 Å². The lowest BCUT2D eigenvalue weighted by atomic mass is 10.0. The van der Waals surface area contributed by atoms with Crippen LogP contribution in [0.25, 0.3) is 0 Å². The Hall–Kier alpha value is -2.28. The van der Waals surface area contributed by atoms with E-state index in [1.54, 1.807) is 30.3 Å². The Labute approximate surface area is 146 Å². The van der Waals surface area contributed by atoms with Gasteiger partial charge in [0.1, 0.15) is 6.10 Å². The van der Waals surface area contributed by atoms with Crippen LogP contribution in [0.15, 0.2) is 61.2 Å². The first-order chi connectivity index (χ1) is 12.0. The highest BCUT2D eigenvalue weighted by Gasteiger charge is 2.37.